The Morgan fingerprint density at radius 3 is 2.81 bits per heavy atom. The summed E-state index contributed by atoms with van der Waals surface area (Å²) in [5.41, 5.74) is 0.994. The van der Waals surface area contributed by atoms with E-state index in [1.165, 1.54) is 11.8 Å². The summed E-state index contributed by atoms with van der Waals surface area (Å²) in [6, 6.07) is 9.77. The number of hydrogen-bond acceptors (Lipinski definition) is 6. The predicted molar refractivity (Wildman–Crippen MR) is 118 cm³/mol. The highest BCUT2D eigenvalue weighted by Crippen LogP contribution is 2.32. The molecule has 0 aromatic heterocycles. The second-order valence-electron chi connectivity index (χ2n) is 6.14. The first-order chi connectivity index (χ1) is 13.1. The van der Waals surface area contributed by atoms with Crippen LogP contribution in [0.15, 0.2) is 40.2 Å². The van der Waals surface area contributed by atoms with E-state index in [4.69, 9.17) is 12.2 Å². The Labute approximate surface area is 173 Å². The number of amides is 2. The van der Waals surface area contributed by atoms with Gasteiger partial charge in [-0.1, -0.05) is 72.5 Å². The van der Waals surface area contributed by atoms with Crippen LogP contribution in [0.25, 0.3) is 6.08 Å². The molecule has 0 saturated carbocycles. The molecule has 1 fully saturated rings. The Morgan fingerprint density at radius 2 is 2.07 bits per heavy atom. The maximum absolute atomic E-state index is 12.6. The molecular weight excluding hydrogens is 398 g/mol. The predicted octanol–water partition coefficient (Wildman–Crippen LogP) is 3.67. The summed E-state index contributed by atoms with van der Waals surface area (Å²) in [7, 11) is 0. The fourth-order valence-electron chi connectivity index (χ4n) is 2.72. The highest BCUT2D eigenvalue weighted by Gasteiger charge is 2.31. The van der Waals surface area contributed by atoms with Crippen molar-refractivity contribution in [1.29, 1.82) is 0 Å². The molecule has 0 unspecified atom stereocenters. The van der Waals surface area contributed by atoms with E-state index >= 15 is 0 Å². The molecule has 27 heavy (non-hydrogen) atoms. The molecule has 1 saturated heterocycles. The number of hydrogen-bond donors (Lipinski definition) is 1. The van der Waals surface area contributed by atoms with Crippen molar-refractivity contribution in [3.8, 4) is 0 Å². The zero-order chi connectivity index (χ0) is 19.1. The van der Waals surface area contributed by atoms with Crippen LogP contribution in [-0.4, -0.2) is 45.0 Å². The second-order valence-corrected chi connectivity index (χ2v) is 8.90. The minimum absolute atomic E-state index is 0.0135. The first-order valence-electron chi connectivity index (χ1n) is 8.91. The van der Waals surface area contributed by atoms with Gasteiger partial charge in [0.2, 0.25) is 5.91 Å². The minimum atomic E-state index is -0.0251. The second kappa shape index (κ2) is 10.1. The van der Waals surface area contributed by atoms with E-state index in [-0.39, 0.29) is 11.8 Å². The molecule has 0 bridgehead atoms. The maximum Gasteiger partial charge on any atom is 0.266 e. The first-order valence-corrected chi connectivity index (χ1v) is 11.1. The van der Waals surface area contributed by atoms with Crippen LogP contribution in [0.5, 0.6) is 0 Å². The zero-order valence-electron chi connectivity index (χ0n) is 14.8. The summed E-state index contributed by atoms with van der Waals surface area (Å²) < 4.78 is 0.608. The quantitative estimate of drug-likeness (QED) is 0.415. The molecule has 3 rings (SSSR count). The summed E-state index contributed by atoms with van der Waals surface area (Å²) in [5.74, 6) is 0.931. The summed E-state index contributed by atoms with van der Waals surface area (Å²) in [4.78, 5) is 30.9. The average Bonchev–Trinajstić information content (AvgIpc) is 3.25. The van der Waals surface area contributed by atoms with E-state index in [1.807, 2.05) is 36.4 Å². The van der Waals surface area contributed by atoms with Crippen molar-refractivity contribution in [3.63, 3.8) is 0 Å². The van der Waals surface area contributed by atoms with E-state index < -0.39 is 0 Å². The van der Waals surface area contributed by atoms with Crippen LogP contribution in [0.4, 0.5) is 0 Å². The number of aliphatic imine (C=N–C) groups is 1. The van der Waals surface area contributed by atoms with Gasteiger partial charge in [-0.05, 0) is 24.5 Å². The SMILES string of the molecule is O=C(CCCCCN1C(=O)/C(=C/c2ccccc2)SC1=S)NC1=NCCS1. The number of nitrogens with zero attached hydrogens (tertiary/aromatic N) is 2. The smallest absolute Gasteiger partial charge is 0.266 e. The lowest BCUT2D eigenvalue weighted by molar-refractivity contribution is -0.122. The molecule has 8 heteroatoms. The number of benzene rings is 1. The standard InChI is InChI=1S/C19H21N3O2S3/c23-16(21-18-20-10-12-26-18)9-5-2-6-11-22-17(24)15(27-19(22)25)13-14-7-3-1-4-8-14/h1,3-4,7-8,13H,2,5-6,9-12H2,(H,20,21,23)/b15-13-. The number of amidine groups is 1. The van der Waals surface area contributed by atoms with E-state index in [0.717, 1.165) is 42.3 Å². The third-order valence-electron chi connectivity index (χ3n) is 4.09. The Kier molecular flexibility index (Phi) is 7.49. The molecule has 1 aromatic carbocycles. The molecule has 0 atom stereocenters. The van der Waals surface area contributed by atoms with E-state index in [1.54, 1.807) is 16.7 Å². The Bertz CT molecular complexity index is 778. The monoisotopic (exact) mass is 419 g/mol. The number of thiocarbonyl (C=S) groups is 1. The van der Waals surface area contributed by atoms with Crippen molar-refractivity contribution in [1.82, 2.24) is 10.2 Å². The van der Waals surface area contributed by atoms with Crippen LogP contribution < -0.4 is 5.32 Å². The number of nitrogens with one attached hydrogen (secondary N) is 1. The molecule has 1 N–H and O–H groups in total. The van der Waals surface area contributed by atoms with Crippen molar-refractivity contribution in [3.05, 3.63) is 40.8 Å². The van der Waals surface area contributed by atoms with Crippen LogP contribution in [0, 0.1) is 0 Å². The fraction of sp³-hybridized carbons (Fsp3) is 0.368. The van der Waals surface area contributed by atoms with Gasteiger partial charge >= 0.3 is 0 Å². The van der Waals surface area contributed by atoms with Crippen LogP contribution in [-0.2, 0) is 9.59 Å². The largest absolute Gasteiger partial charge is 0.305 e. The van der Waals surface area contributed by atoms with Gasteiger partial charge in [-0.25, -0.2) is 0 Å². The van der Waals surface area contributed by atoms with Gasteiger partial charge in [0, 0.05) is 18.7 Å². The van der Waals surface area contributed by atoms with Gasteiger partial charge in [0.1, 0.15) is 4.32 Å². The lowest BCUT2D eigenvalue weighted by Crippen LogP contribution is -2.29. The molecular formula is C19H21N3O2S3. The first kappa shape index (κ1) is 20.1. The molecule has 0 spiro atoms. The van der Waals surface area contributed by atoms with Crippen molar-refractivity contribution in [2.75, 3.05) is 18.8 Å². The molecule has 2 amide bonds. The van der Waals surface area contributed by atoms with E-state index in [9.17, 15) is 9.59 Å². The maximum atomic E-state index is 12.6. The Hall–Kier alpha value is -1.64. The highest BCUT2D eigenvalue weighted by molar-refractivity contribution is 8.26. The van der Waals surface area contributed by atoms with E-state index in [0.29, 0.717) is 22.2 Å². The third kappa shape index (κ3) is 5.92. The highest BCUT2D eigenvalue weighted by atomic mass is 32.2. The topological polar surface area (TPSA) is 61.8 Å². The summed E-state index contributed by atoms with van der Waals surface area (Å²) in [5, 5.41) is 3.57. The molecule has 5 nitrogen and oxygen atoms in total. The van der Waals surface area contributed by atoms with Gasteiger partial charge in [-0.3, -0.25) is 19.5 Å². The van der Waals surface area contributed by atoms with Crippen LogP contribution in [0.2, 0.25) is 0 Å². The van der Waals surface area contributed by atoms with Crippen LogP contribution in [0.3, 0.4) is 0 Å². The number of unbranched alkanes of at least 4 members (excludes halogenated alkanes) is 2. The van der Waals surface area contributed by atoms with Crippen molar-refractivity contribution in [2.24, 2.45) is 4.99 Å². The van der Waals surface area contributed by atoms with Gasteiger partial charge in [-0.2, -0.15) is 0 Å². The molecule has 2 aliphatic rings. The number of carbonyl (C=O) groups is 2. The minimum Gasteiger partial charge on any atom is -0.305 e. The number of rotatable bonds is 7. The van der Waals surface area contributed by atoms with Gasteiger partial charge in [0.15, 0.2) is 5.17 Å². The molecule has 0 aliphatic carbocycles. The van der Waals surface area contributed by atoms with Crippen molar-refractivity contribution < 1.29 is 9.59 Å². The third-order valence-corrected chi connectivity index (χ3v) is 6.36. The molecule has 2 aliphatic heterocycles. The lowest BCUT2D eigenvalue weighted by Gasteiger charge is -2.14. The molecule has 1 aromatic rings. The van der Waals surface area contributed by atoms with Gasteiger partial charge < -0.3 is 5.32 Å². The number of thioether (sulfide) groups is 2. The summed E-state index contributed by atoms with van der Waals surface area (Å²) in [6.07, 6.45) is 4.85. The normalized spacial score (nSPS) is 18.3. The van der Waals surface area contributed by atoms with Gasteiger partial charge in [-0.15, -0.1) is 0 Å². The van der Waals surface area contributed by atoms with Crippen LogP contribution in [0.1, 0.15) is 31.2 Å². The fourth-order valence-corrected chi connectivity index (χ4v) is 4.77. The van der Waals surface area contributed by atoms with Gasteiger partial charge in [0.25, 0.3) is 5.91 Å². The zero-order valence-corrected chi connectivity index (χ0v) is 17.3. The van der Waals surface area contributed by atoms with Crippen molar-refractivity contribution >= 4 is 63.1 Å². The average molecular weight is 420 g/mol. The lowest BCUT2D eigenvalue weighted by atomic mass is 10.2. The van der Waals surface area contributed by atoms with Crippen LogP contribution >= 0.6 is 35.7 Å². The van der Waals surface area contributed by atoms with Gasteiger partial charge in [0.05, 0.1) is 11.4 Å². The Morgan fingerprint density at radius 1 is 1.26 bits per heavy atom. The van der Waals surface area contributed by atoms with Crippen molar-refractivity contribution in [2.45, 2.75) is 25.7 Å². The summed E-state index contributed by atoms with van der Waals surface area (Å²) in [6.45, 7) is 1.38. The Balaban J connectivity index is 1.39. The number of carbonyl (C=O) groups excluding carboxylic acids is 2. The van der Waals surface area contributed by atoms with E-state index in [2.05, 4.69) is 10.3 Å². The molecule has 2 heterocycles. The molecule has 142 valence electrons. The molecule has 0 radical (unpaired) electrons. The summed E-state index contributed by atoms with van der Waals surface area (Å²) >= 11 is 8.29.